The van der Waals surface area contributed by atoms with E-state index in [9.17, 15) is 9.59 Å². The summed E-state index contributed by atoms with van der Waals surface area (Å²) >= 11 is 1.67. The number of carbonyl (C=O) groups is 2. The van der Waals surface area contributed by atoms with E-state index in [-0.39, 0.29) is 11.9 Å². The summed E-state index contributed by atoms with van der Waals surface area (Å²) in [6.45, 7) is 2.02. The van der Waals surface area contributed by atoms with E-state index < -0.39 is 11.8 Å². The van der Waals surface area contributed by atoms with E-state index in [0.717, 1.165) is 10.9 Å². The molecule has 136 valence electrons. The number of nitrogens with one attached hydrogen (secondary N) is 2. The van der Waals surface area contributed by atoms with Gasteiger partial charge in [-0.2, -0.15) is 0 Å². The lowest BCUT2D eigenvalue weighted by atomic mass is 10.0. The maximum atomic E-state index is 12.1. The molecule has 1 aromatic carbocycles. The molecule has 0 saturated heterocycles. The van der Waals surface area contributed by atoms with Crippen LogP contribution in [-0.4, -0.2) is 42.5 Å². The number of hydrogen-bond donors (Lipinski definition) is 2. The van der Waals surface area contributed by atoms with Crippen molar-refractivity contribution in [2.75, 3.05) is 26.0 Å². The van der Waals surface area contributed by atoms with Gasteiger partial charge in [0.15, 0.2) is 5.82 Å². The van der Waals surface area contributed by atoms with Gasteiger partial charge in [-0.3, -0.25) is 14.9 Å². The van der Waals surface area contributed by atoms with Gasteiger partial charge in [0, 0.05) is 17.3 Å². The van der Waals surface area contributed by atoms with Crippen LogP contribution in [0.15, 0.2) is 40.2 Å². The Morgan fingerprint density at radius 1 is 1.27 bits per heavy atom. The number of benzene rings is 1. The lowest BCUT2D eigenvalue weighted by Crippen LogP contribution is -2.40. The van der Waals surface area contributed by atoms with Crippen molar-refractivity contribution in [2.24, 2.45) is 0 Å². The number of likely N-dealkylation sites (N-methyl/N-ethyl adjacent to an activating group) is 1. The minimum absolute atomic E-state index is 0.0443. The summed E-state index contributed by atoms with van der Waals surface area (Å²) in [5.74, 6) is -0.712. The Balaban J connectivity index is 1.67. The molecule has 26 heavy (non-hydrogen) atoms. The molecule has 0 aliphatic heterocycles. The molecule has 0 spiro atoms. The second kappa shape index (κ2) is 7.67. The first-order valence-electron chi connectivity index (χ1n) is 8.10. The third kappa shape index (κ3) is 3.92. The van der Waals surface area contributed by atoms with Crippen molar-refractivity contribution in [3.05, 3.63) is 47.0 Å². The second-order valence-electron chi connectivity index (χ2n) is 6.15. The van der Waals surface area contributed by atoms with Crippen molar-refractivity contribution in [3.63, 3.8) is 0 Å². The van der Waals surface area contributed by atoms with E-state index in [1.54, 1.807) is 24.3 Å². The molecule has 2 N–H and O–H groups in total. The van der Waals surface area contributed by atoms with Crippen LogP contribution in [0, 0.1) is 6.92 Å². The average Bonchev–Trinajstić information content (AvgIpc) is 3.21. The first-order valence-corrected chi connectivity index (χ1v) is 8.98. The molecule has 0 aliphatic carbocycles. The largest absolute Gasteiger partial charge is 0.360 e. The third-order valence-electron chi connectivity index (χ3n) is 4.03. The molecular formula is C18H20N4O3S. The molecule has 0 unspecified atom stereocenters. The van der Waals surface area contributed by atoms with Gasteiger partial charge < -0.3 is 14.7 Å². The second-order valence-corrected chi connectivity index (χ2v) is 7.06. The Morgan fingerprint density at radius 2 is 2.04 bits per heavy atom. The van der Waals surface area contributed by atoms with Gasteiger partial charge in [-0.15, -0.1) is 11.3 Å². The highest BCUT2D eigenvalue weighted by Crippen LogP contribution is 2.31. The first kappa shape index (κ1) is 18.1. The zero-order valence-corrected chi connectivity index (χ0v) is 15.6. The number of fused-ring (bicyclic) bond motifs is 1. The minimum Gasteiger partial charge on any atom is -0.360 e. The Morgan fingerprint density at radius 3 is 2.73 bits per heavy atom. The lowest BCUT2D eigenvalue weighted by molar-refractivity contribution is -0.136. The van der Waals surface area contributed by atoms with Crippen molar-refractivity contribution in [1.29, 1.82) is 0 Å². The monoisotopic (exact) mass is 372 g/mol. The molecule has 0 fully saturated rings. The first-order chi connectivity index (χ1) is 12.5. The van der Waals surface area contributed by atoms with Crippen LogP contribution in [0.3, 0.4) is 0 Å². The molecule has 2 amide bonds. The van der Waals surface area contributed by atoms with Crippen LogP contribution in [0.1, 0.15) is 17.4 Å². The van der Waals surface area contributed by atoms with Crippen LogP contribution in [0.2, 0.25) is 0 Å². The average molecular weight is 372 g/mol. The molecular weight excluding hydrogens is 352 g/mol. The summed E-state index contributed by atoms with van der Waals surface area (Å²) in [4.78, 5) is 26.1. The quantitative estimate of drug-likeness (QED) is 0.672. The van der Waals surface area contributed by atoms with Gasteiger partial charge in [-0.1, -0.05) is 23.4 Å². The molecule has 8 heteroatoms. The van der Waals surface area contributed by atoms with Crippen molar-refractivity contribution < 1.29 is 14.1 Å². The number of anilines is 1. The van der Waals surface area contributed by atoms with Crippen LogP contribution in [0.25, 0.3) is 10.1 Å². The Labute approximate surface area is 155 Å². The van der Waals surface area contributed by atoms with E-state index >= 15 is 0 Å². The molecule has 0 aliphatic rings. The number of thiophene rings is 1. The zero-order chi connectivity index (χ0) is 18.7. The fourth-order valence-corrected chi connectivity index (χ4v) is 3.70. The van der Waals surface area contributed by atoms with Crippen LogP contribution in [-0.2, 0) is 9.59 Å². The fourth-order valence-electron chi connectivity index (χ4n) is 2.70. The maximum absolute atomic E-state index is 12.1. The van der Waals surface area contributed by atoms with Gasteiger partial charge in [0.2, 0.25) is 0 Å². The number of rotatable bonds is 5. The van der Waals surface area contributed by atoms with Gasteiger partial charge in [0.05, 0.1) is 6.04 Å². The molecule has 0 saturated carbocycles. The molecule has 7 nitrogen and oxygen atoms in total. The van der Waals surface area contributed by atoms with Crippen LogP contribution in [0.5, 0.6) is 0 Å². The Hall–Kier alpha value is -2.71. The van der Waals surface area contributed by atoms with E-state index in [1.165, 1.54) is 4.70 Å². The van der Waals surface area contributed by atoms with Crippen LogP contribution >= 0.6 is 11.3 Å². The smallest absolute Gasteiger partial charge is 0.314 e. The number of hydrogen-bond acceptors (Lipinski definition) is 6. The molecule has 3 rings (SSSR count). The number of aryl methyl sites for hydroxylation is 1. The van der Waals surface area contributed by atoms with Crippen molar-refractivity contribution in [2.45, 2.75) is 13.0 Å². The van der Waals surface area contributed by atoms with Gasteiger partial charge in [0.1, 0.15) is 5.76 Å². The molecule has 2 heterocycles. The van der Waals surface area contributed by atoms with Crippen molar-refractivity contribution >= 4 is 39.1 Å². The summed E-state index contributed by atoms with van der Waals surface area (Å²) in [5, 5.41) is 12.0. The van der Waals surface area contributed by atoms with Crippen LogP contribution < -0.4 is 10.6 Å². The summed E-state index contributed by atoms with van der Waals surface area (Å²) in [6, 6.07) is 9.64. The highest BCUT2D eigenvalue weighted by molar-refractivity contribution is 7.17. The summed E-state index contributed by atoms with van der Waals surface area (Å²) in [7, 11) is 3.89. The topological polar surface area (TPSA) is 87.5 Å². The molecule has 3 aromatic rings. The standard InChI is InChI=1S/C18H20N4O3S/c1-11-8-16(21-25-11)20-18(24)17(23)19-9-14(22(2)3)13-10-26-15-7-5-4-6-12(13)15/h4-8,10,14H,9H2,1-3H3,(H,19,23)(H,20,21,24)/t14-/m1/s1. The lowest BCUT2D eigenvalue weighted by Gasteiger charge is -2.24. The summed E-state index contributed by atoms with van der Waals surface area (Å²) < 4.78 is 6.06. The van der Waals surface area contributed by atoms with Crippen molar-refractivity contribution in [1.82, 2.24) is 15.4 Å². The van der Waals surface area contributed by atoms with E-state index in [1.807, 2.05) is 31.1 Å². The normalized spacial score (nSPS) is 12.3. The number of carbonyl (C=O) groups excluding carboxylic acids is 2. The molecule has 0 radical (unpaired) electrons. The summed E-state index contributed by atoms with van der Waals surface area (Å²) in [5.41, 5.74) is 1.13. The number of amides is 2. The molecule has 0 bridgehead atoms. The number of aromatic nitrogens is 1. The predicted molar refractivity (Wildman–Crippen MR) is 101 cm³/mol. The van der Waals surface area contributed by atoms with Gasteiger partial charge in [0.25, 0.3) is 0 Å². The van der Waals surface area contributed by atoms with E-state index in [4.69, 9.17) is 4.52 Å². The van der Waals surface area contributed by atoms with E-state index in [2.05, 4.69) is 33.3 Å². The molecule has 2 aromatic heterocycles. The zero-order valence-electron chi connectivity index (χ0n) is 14.8. The van der Waals surface area contributed by atoms with E-state index in [0.29, 0.717) is 12.3 Å². The highest BCUT2D eigenvalue weighted by Gasteiger charge is 2.21. The van der Waals surface area contributed by atoms with Gasteiger partial charge in [-0.25, -0.2) is 0 Å². The Kier molecular flexibility index (Phi) is 5.34. The SMILES string of the molecule is Cc1cc(NC(=O)C(=O)NC[C@H](c2csc3ccccc23)N(C)C)no1. The molecule has 1 atom stereocenters. The number of nitrogens with zero attached hydrogens (tertiary/aromatic N) is 2. The minimum atomic E-state index is -0.772. The van der Waals surface area contributed by atoms with Gasteiger partial charge >= 0.3 is 11.8 Å². The third-order valence-corrected chi connectivity index (χ3v) is 5.01. The predicted octanol–water partition coefficient (Wildman–Crippen LogP) is 2.56. The van der Waals surface area contributed by atoms with Gasteiger partial charge in [-0.05, 0) is 43.4 Å². The fraction of sp³-hybridized carbons (Fsp3) is 0.278. The Bertz CT molecular complexity index is 931. The maximum Gasteiger partial charge on any atom is 0.314 e. The van der Waals surface area contributed by atoms with Crippen molar-refractivity contribution in [3.8, 4) is 0 Å². The highest BCUT2D eigenvalue weighted by atomic mass is 32.1. The summed E-state index contributed by atoms with van der Waals surface area (Å²) in [6.07, 6.45) is 0. The van der Waals surface area contributed by atoms with Crippen LogP contribution in [0.4, 0.5) is 5.82 Å².